The number of alkyl halides is 3. The van der Waals surface area contributed by atoms with Crippen LogP contribution >= 0.6 is 0 Å². The lowest BCUT2D eigenvalue weighted by atomic mass is 9.97. The van der Waals surface area contributed by atoms with Gasteiger partial charge in [-0.1, -0.05) is 0 Å². The van der Waals surface area contributed by atoms with Crippen LogP contribution in [0.5, 0.6) is 0 Å². The number of amides is 1. The molecular formula is C19H25F3N4O2. The van der Waals surface area contributed by atoms with Crippen molar-refractivity contribution in [3.63, 3.8) is 0 Å². The van der Waals surface area contributed by atoms with E-state index in [4.69, 9.17) is 4.74 Å². The second-order valence-electron chi connectivity index (χ2n) is 8.26. The Hall–Kier alpha value is -2.32. The van der Waals surface area contributed by atoms with Gasteiger partial charge in [-0.2, -0.15) is 13.2 Å². The van der Waals surface area contributed by atoms with Crippen LogP contribution in [0.4, 0.5) is 18.0 Å². The third-order valence-electron chi connectivity index (χ3n) is 4.87. The molecular weight excluding hydrogens is 373 g/mol. The minimum Gasteiger partial charge on any atom is -0.444 e. The molecule has 0 unspecified atom stereocenters. The zero-order valence-corrected chi connectivity index (χ0v) is 16.5. The summed E-state index contributed by atoms with van der Waals surface area (Å²) in [7, 11) is 0. The number of fused-ring (bicyclic) bond motifs is 1. The quantitative estimate of drug-likeness (QED) is 0.752. The molecule has 154 valence electrons. The van der Waals surface area contributed by atoms with Crippen molar-refractivity contribution in [1.82, 2.24) is 19.4 Å². The molecule has 0 aromatic carbocycles. The number of aromatic nitrogens is 3. The number of likely N-dealkylation sites (tertiary alicyclic amines) is 1. The summed E-state index contributed by atoms with van der Waals surface area (Å²) in [4.78, 5) is 21.8. The van der Waals surface area contributed by atoms with Gasteiger partial charge in [0.15, 0.2) is 0 Å². The van der Waals surface area contributed by atoms with Crippen LogP contribution in [0.2, 0.25) is 0 Å². The summed E-state index contributed by atoms with van der Waals surface area (Å²) in [5, 5.41) is 0.0567. The number of rotatable bonds is 2. The average Bonchev–Trinajstić information content (AvgIpc) is 2.94. The number of hydrogen-bond acceptors (Lipinski definition) is 4. The van der Waals surface area contributed by atoms with Gasteiger partial charge in [0, 0.05) is 25.8 Å². The Morgan fingerprint density at radius 3 is 2.43 bits per heavy atom. The maximum Gasteiger partial charge on any atom is 0.418 e. The highest BCUT2D eigenvalue weighted by atomic mass is 19.4. The normalized spacial score (nSPS) is 16.6. The van der Waals surface area contributed by atoms with Gasteiger partial charge in [-0.15, -0.1) is 0 Å². The highest BCUT2D eigenvalue weighted by Gasteiger charge is 2.36. The summed E-state index contributed by atoms with van der Waals surface area (Å²) in [5.74, 6) is 0.158. The molecule has 0 radical (unpaired) electrons. The molecule has 0 bridgehead atoms. The van der Waals surface area contributed by atoms with E-state index in [2.05, 4.69) is 9.97 Å². The second kappa shape index (κ2) is 7.25. The van der Waals surface area contributed by atoms with Crippen molar-refractivity contribution in [3.8, 4) is 0 Å². The molecule has 1 aliphatic rings. The van der Waals surface area contributed by atoms with Crippen molar-refractivity contribution in [2.45, 2.75) is 58.9 Å². The van der Waals surface area contributed by atoms with Gasteiger partial charge in [0.1, 0.15) is 17.6 Å². The Kier molecular flexibility index (Phi) is 5.29. The first-order chi connectivity index (χ1) is 13.0. The van der Waals surface area contributed by atoms with E-state index in [0.717, 1.165) is 6.20 Å². The van der Waals surface area contributed by atoms with Crippen LogP contribution in [0.15, 0.2) is 12.5 Å². The maximum atomic E-state index is 13.4. The molecule has 1 fully saturated rings. The SMILES string of the molecule is Cc1ncnc2c1c(C(F)(F)F)cn2CC1CCN(C(=O)OC(C)(C)C)CC1. The van der Waals surface area contributed by atoms with Crippen molar-refractivity contribution < 1.29 is 22.7 Å². The summed E-state index contributed by atoms with van der Waals surface area (Å²) >= 11 is 0. The van der Waals surface area contributed by atoms with Crippen LogP contribution in [0.25, 0.3) is 11.0 Å². The molecule has 0 N–H and O–H groups in total. The lowest BCUT2D eigenvalue weighted by Crippen LogP contribution is -2.42. The molecule has 0 saturated carbocycles. The molecule has 0 aliphatic carbocycles. The monoisotopic (exact) mass is 398 g/mol. The van der Waals surface area contributed by atoms with E-state index in [9.17, 15) is 18.0 Å². The first kappa shape index (κ1) is 20.4. The van der Waals surface area contributed by atoms with Crippen molar-refractivity contribution in [2.24, 2.45) is 5.92 Å². The molecule has 2 aromatic heterocycles. The molecule has 2 aromatic rings. The van der Waals surface area contributed by atoms with Crippen molar-refractivity contribution >= 4 is 17.1 Å². The van der Waals surface area contributed by atoms with Gasteiger partial charge in [-0.25, -0.2) is 14.8 Å². The Morgan fingerprint density at radius 2 is 1.86 bits per heavy atom. The second-order valence-corrected chi connectivity index (χ2v) is 8.26. The van der Waals surface area contributed by atoms with Crippen molar-refractivity contribution in [3.05, 3.63) is 23.8 Å². The number of aryl methyl sites for hydroxylation is 1. The highest BCUT2D eigenvalue weighted by molar-refractivity contribution is 5.83. The Balaban J connectivity index is 1.73. The molecule has 3 rings (SSSR count). The number of hydrogen-bond donors (Lipinski definition) is 0. The van der Waals surface area contributed by atoms with Gasteiger partial charge in [-0.05, 0) is 46.5 Å². The Labute approximate surface area is 161 Å². The van der Waals surface area contributed by atoms with Gasteiger partial charge in [0.05, 0.1) is 16.6 Å². The molecule has 9 heteroatoms. The van der Waals surface area contributed by atoms with Gasteiger partial charge >= 0.3 is 12.3 Å². The smallest absolute Gasteiger partial charge is 0.418 e. The minimum absolute atomic E-state index is 0.0567. The van der Waals surface area contributed by atoms with E-state index in [1.807, 2.05) is 20.8 Å². The van der Waals surface area contributed by atoms with Gasteiger partial charge in [0.25, 0.3) is 0 Å². The van der Waals surface area contributed by atoms with E-state index in [0.29, 0.717) is 43.8 Å². The Bertz CT molecular complexity index is 862. The van der Waals surface area contributed by atoms with Crippen LogP contribution in [-0.4, -0.2) is 44.2 Å². The summed E-state index contributed by atoms with van der Waals surface area (Å²) in [6.45, 7) is 8.48. The Morgan fingerprint density at radius 1 is 1.21 bits per heavy atom. The van der Waals surface area contributed by atoms with Gasteiger partial charge < -0.3 is 14.2 Å². The molecule has 28 heavy (non-hydrogen) atoms. The van der Waals surface area contributed by atoms with Gasteiger partial charge in [0.2, 0.25) is 0 Å². The summed E-state index contributed by atoms with van der Waals surface area (Å²) < 4.78 is 47.3. The fraction of sp³-hybridized carbons (Fsp3) is 0.632. The summed E-state index contributed by atoms with van der Waals surface area (Å²) in [6, 6.07) is 0. The fourth-order valence-electron chi connectivity index (χ4n) is 3.53. The van der Waals surface area contributed by atoms with Crippen molar-refractivity contribution in [1.29, 1.82) is 0 Å². The highest BCUT2D eigenvalue weighted by Crippen LogP contribution is 2.37. The molecule has 0 spiro atoms. The topological polar surface area (TPSA) is 60.2 Å². The maximum absolute atomic E-state index is 13.4. The third-order valence-corrected chi connectivity index (χ3v) is 4.87. The van der Waals surface area contributed by atoms with E-state index in [-0.39, 0.29) is 17.4 Å². The molecule has 3 heterocycles. The van der Waals surface area contributed by atoms with E-state index in [1.54, 1.807) is 16.4 Å². The van der Waals surface area contributed by atoms with E-state index < -0.39 is 17.3 Å². The lowest BCUT2D eigenvalue weighted by molar-refractivity contribution is -0.136. The zero-order chi connectivity index (χ0) is 20.7. The number of carbonyl (C=O) groups excluding carboxylic acids is 1. The zero-order valence-electron chi connectivity index (χ0n) is 16.5. The fourth-order valence-corrected chi connectivity index (χ4v) is 3.53. The first-order valence-electron chi connectivity index (χ1n) is 9.31. The number of piperidine rings is 1. The first-order valence-corrected chi connectivity index (χ1v) is 9.31. The molecule has 1 saturated heterocycles. The molecule has 1 amide bonds. The third kappa shape index (κ3) is 4.39. The predicted octanol–water partition coefficient (Wildman–Crippen LogP) is 4.41. The number of ether oxygens (including phenoxy) is 1. The van der Waals surface area contributed by atoms with Crippen LogP contribution in [0, 0.1) is 12.8 Å². The van der Waals surface area contributed by atoms with E-state index in [1.165, 1.54) is 6.33 Å². The summed E-state index contributed by atoms with van der Waals surface area (Å²) in [5.41, 5.74) is -0.638. The number of carbonyl (C=O) groups is 1. The van der Waals surface area contributed by atoms with E-state index >= 15 is 0 Å². The lowest BCUT2D eigenvalue weighted by Gasteiger charge is -2.33. The average molecular weight is 398 g/mol. The standard InChI is InChI=1S/C19H25F3N4O2/c1-12-15-14(19(20,21)22)10-26(16(15)24-11-23-12)9-13-5-7-25(8-6-13)17(27)28-18(2,3)4/h10-11,13H,5-9H2,1-4H3. The molecule has 0 atom stereocenters. The summed E-state index contributed by atoms with van der Waals surface area (Å²) in [6.07, 6.45) is -0.986. The van der Waals surface area contributed by atoms with Crippen LogP contribution < -0.4 is 0 Å². The van der Waals surface area contributed by atoms with Crippen LogP contribution in [-0.2, 0) is 17.5 Å². The number of halogens is 3. The van der Waals surface area contributed by atoms with Crippen LogP contribution in [0.1, 0.15) is 44.9 Å². The molecule has 1 aliphatic heterocycles. The number of nitrogens with zero attached hydrogens (tertiary/aromatic N) is 4. The van der Waals surface area contributed by atoms with Crippen molar-refractivity contribution in [2.75, 3.05) is 13.1 Å². The largest absolute Gasteiger partial charge is 0.444 e. The molecule has 6 nitrogen and oxygen atoms in total. The predicted molar refractivity (Wildman–Crippen MR) is 97.8 cm³/mol. The van der Waals surface area contributed by atoms with Gasteiger partial charge in [-0.3, -0.25) is 0 Å². The van der Waals surface area contributed by atoms with Crippen LogP contribution in [0.3, 0.4) is 0 Å². The minimum atomic E-state index is -4.46.